The molecule has 1 amide bonds. The molecule has 9 heteroatoms. The van der Waals surface area contributed by atoms with Crippen LogP contribution in [-0.2, 0) is 16.1 Å². The molecular formula is C16H26FIN4O3. The molecule has 1 aromatic carbocycles. The molecule has 7 nitrogen and oxygen atoms in total. The summed E-state index contributed by atoms with van der Waals surface area (Å²) in [5.41, 5.74) is 0.665. The number of nitrogens with zero attached hydrogens (tertiary/aromatic N) is 2. The number of amides is 1. The lowest BCUT2D eigenvalue weighted by molar-refractivity contribution is -0.127. The second-order valence-corrected chi connectivity index (χ2v) is 5.23. The fraction of sp³-hybridized carbons (Fsp3) is 0.500. The van der Waals surface area contributed by atoms with E-state index in [1.54, 1.807) is 27.3 Å². The standard InChI is InChI=1S/C16H25FN4O3.HI/c1-21(2)15(22)11-20-16(18-5-6-23-3)19-10-12-7-13(17)9-14(8-12)24-4;/h7-9H,5-6,10-11H2,1-4H3,(H2,18,19,20);1H. The van der Waals surface area contributed by atoms with Crippen molar-refractivity contribution in [3.63, 3.8) is 0 Å². The fourth-order valence-corrected chi connectivity index (χ4v) is 1.76. The molecule has 1 aromatic rings. The van der Waals surface area contributed by atoms with Gasteiger partial charge in [-0.25, -0.2) is 9.38 Å². The van der Waals surface area contributed by atoms with E-state index >= 15 is 0 Å². The molecule has 0 aliphatic heterocycles. The van der Waals surface area contributed by atoms with E-state index in [1.165, 1.54) is 24.1 Å². The summed E-state index contributed by atoms with van der Waals surface area (Å²) >= 11 is 0. The third-order valence-electron chi connectivity index (χ3n) is 3.09. The maximum Gasteiger partial charge on any atom is 0.241 e. The van der Waals surface area contributed by atoms with E-state index in [-0.39, 0.29) is 48.8 Å². The number of guanidine groups is 1. The van der Waals surface area contributed by atoms with Crippen molar-refractivity contribution in [2.75, 3.05) is 48.0 Å². The number of benzene rings is 1. The first-order chi connectivity index (χ1) is 11.5. The highest BCUT2D eigenvalue weighted by Crippen LogP contribution is 2.16. The summed E-state index contributed by atoms with van der Waals surface area (Å²) in [4.78, 5) is 17.5. The minimum absolute atomic E-state index is 0. The zero-order valence-electron chi connectivity index (χ0n) is 15.0. The lowest BCUT2D eigenvalue weighted by atomic mass is 10.2. The number of likely N-dealkylation sites (N-methyl/N-ethyl adjacent to an activating group) is 1. The highest BCUT2D eigenvalue weighted by atomic mass is 127. The van der Waals surface area contributed by atoms with E-state index in [4.69, 9.17) is 9.47 Å². The summed E-state index contributed by atoms with van der Waals surface area (Å²) in [5, 5.41) is 5.99. The van der Waals surface area contributed by atoms with Gasteiger partial charge in [0.25, 0.3) is 0 Å². The Labute approximate surface area is 165 Å². The Morgan fingerprint density at radius 3 is 2.56 bits per heavy atom. The molecule has 0 saturated heterocycles. The van der Waals surface area contributed by atoms with Gasteiger partial charge in [-0.15, -0.1) is 24.0 Å². The molecule has 0 radical (unpaired) electrons. The van der Waals surface area contributed by atoms with Gasteiger partial charge in [0, 0.05) is 33.8 Å². The Bertz CT molecular complexity index is 570. The Balaban J connectivity index is 0.00000576. The molecule has 0 aliphatic rings. The van der Waals surface area contributed by atoms with Crippen LogP contribution in [0.1, 0.15) is 5.56 Å². The second-order valence-electron chi connectivity index (χ2n) is 5.23. The highest BCUT2D eigenvalue weighted by molar-refractivity contribution is 14.0. The van der Waals surface area contributed by atoms with Crippen LogP contribution in [0.2, 0.25) is 0 Å². The number of hydrogen-bond donors (Lipinski definition) is 2. The van der Waals surface area contributed by atoms with Crippen molar-refractivity contribution >= 4 is 35.8 Å². The monoisotopic (exact) mass is 468 g/mol. The number of carbonyl (C=O) groups excluding carboxylic acids is 1. The molecule has 2 N–H and O–H groups in total. The topological polar surface area (TPSA) is 75.2 Å². The average molecular weight is 468 g/mol. The van der Waals surface area contributed by atoms with Gasteiger partial charge in [-0.3, -0.25) is 4.79 Å². The Hall–Kier alpha value is -1.62. The van der Waals surface area contributed by atoms with Gasteiger partial charge in [-0.1, -0.05) is 0 Å². The number of hydrogen-bond acceptors (Lipinski definition) is 4. The van der Waals surface area contributed by atoms with Crippen molar-refractivity contribution < 1.29 is 18.7 Å². The molecule has 25 heavy (non-hydrogen) atoms. The zero-order valence-corrected chi connectivity index (χ0v) is 17.3. The van der Waals surface area contributed by atoms with Crippen LogP contribution in [0.3, 0.4) is 0 Å². The number of rotatable bonds is 8. The number of methoxy groups -OCH3 is 2. The van der Waals surface area contributed by atoms with E-state index in [2.05, 4.69) is 15.6 Å². The molecular weight excluding hydrogens is 442 g/mol. The molecule has 0 spiro atoms. The highest BCUT2D eigenvalue weighted by Gasteiger charge is 2.06. The van der Waals surface area contributed by atoms with Gasteiger partial charge >= 0.3 is 0 Å². The van der Waals surface area contributed by atoms with Crippen LogP contribution in [0.5, 0.6) is 5.75 Å². The quantitative estimate of drug-likeness (QED) is 0.260. The van der Waals surface area contributed by atoms with E-state index in [0.29, 0.717) is 30.4 Å². The summed E-state index contributed by atoms with van der Waals surface area (Å²) < 4.78 is 23.5. The van der Waals surface area contributed by atoms with Gasteiger partial charge in [0.2, 0.25) is 5.91 Å². The van der Waals surface area contributed by atoms with Crippen LogP contribution in [-0.4, -0.2) is 64.8 Å². The van der Waals surface area contributed by atoms with Gasteiger partial charge in [0.15, 0.2) is 5.96 Å². The number of ether oxygens (including phenoxy) is 2. The molecule has 0 unspecified atom stereocenters. The van der Waals surface area contributed by atoms with Gasteiger partial charge < -0.3 is 25.0 Å². The lowest BCUT2D eigenvalue weighted by Crippen LogP contribution is -2.43. The molecule has 0 bridgehead atoms. The first kappa shape index (κ1) is 23.4. The Morgan fingerprint density at radius 2 is 1.96 bits per heavy atom. The summed E-state index contributed by atoms with van der Waals surface area (Å²) in [7, 11) is 6.44. The number of nitrogens with one attached hydrogen (secondary N) is 2. The molecule has 0 atom stereocenters. The van der Waals surface area contributed by atoms with Crippen LogP contribution in [0.4, 0.5) is 4.39 Å². The minimum atomic E-state index is -0.385. The van der Waals surface area contributed by atoms with E-state index < -0.39 is 0 Å². The second kappa shape index (κ2) is 12.7. The fourth-order valence-electron chi connectivity index (χ4n) is 1.76. The zero-order chi connectivity index (χ0) is 17.9. The molecule has 0 heterocycles. The molecule has 0 aliphatic carbocycles. The largest absolute Gasteiger partial charge is 0.497 e. The van der Waals surface area contributed by atoms with Crippen molar-refractivity contribution in [3.8, 4) is 5.75 Å². The molecule has 1 rings (SSSR count). The molecule has 142 valence electrons. The van der Waals surface area contributed by atoms with E-state index in [9.17, 15) is 9.18 Å². The van der Waals surface area contributed by atoms with E-state index in [1.807, 2.05) is 0 Å². The van der Waals surface area contributed by atoms with Gasteiger partial charge in [0.05, 0.1) is 26.8 Å². The van der Waals surface area contributed by atoms with Crippen LogP contribution < -0.4 is 15.4 Å². The van der Waals surface area contributed by atoms with E-state index in [0.717, 1.165) is 0 Å². The Morgan fingerprint density at radius 1 is 1.24 bits per heavy atom. The summed E-state index contributed by atoms with van der Waals surface area (Å²) in [6.07, 6.45) is 0. The van der Waals surface area contributed by atoms with Crippen molar-refractivity contribution in [1.29, 1.82) is 0 Å². The van der Waals surface area contributed by atoms with Crippen LogP contribution in [0.25, 0.3) is 0 Å². The number of halogens is 2. The predicted molar refractivity (Wildman–Crippen MR) is 106 cm³/mol. The predicted octanol–water partition coefficient (Wildman–Crippen LogP) is 1.22. The van der Waals surface area contributed by atoms with Crippen molar-refractivity contribution in [2.24, 2.45) is 4.99 Å². The van der Waals surface area contributed by atoms with Crippen LogP contribution >= 0.6 is 24.0 Å². The summed E-state index contributed by atoms with van der Waals surface area (Å²) in [6.45, 7) is 1.38. The maximum absolute atomic E-state index is 13.5. The third-order valence-corrected chi connectivity index (χ3v) is 3.09. The van der Waals surface area contributed by atoms with Crippen LogP contribution in [0.15, 0.2) is 23.2 Å². The summed E-state index contributed by atoms with van der Waals surface area (Å²) in [6, 6.07) is 4.41. The smallest absolute Gasteiger partial charge is 0.241 e. The summed E-state index contributed by atoms with van der Waals surface area (Å²) in [5.74, 6) is 0.420. The molecule has 0 fully saturated rings. The Kier molecular flexibility index (Phi) is 11.9. The molecule has 0 saturated carbocycles. The first-order valence-electron chi connectivity index (χ1n) is 7.51. The minimum Gasteiger partial charge on any atom is -0.497 e. The van der Waals surface area contributed by atoms with Crippen molar-refractivity contribution in [1.82, 2.24) is 15.5 Å². The van der Waals surface area contributed by atoms with Crippen LogP contribution in [0, 0.1) is 5.82 Å². The average Bonchev–Trinajstić information content (AvgIpc) is 2.55. The van der Waals surface area contributed by atoms with Crippen molar-refractivity contribution in [2.45, 2.75) is 6.54 Å². The number of carbonyl (C=O) groups is 1. The normalized spacial score (nSPS) is 10.7. The molecule has 0 aromatic heterocycles. The van der Waals surface area contributed by atoms with Crippen molar-refractivity contribution in [3.05, 3.63) is 29.6 Å². The van der Waals surface area contributed by atoms with Gasteiger partial charge in [-0.2, -0.15) is 0 Å². The number of aliphatic imine (C=N–C) groups is 1. The van der Waals surface area contributed by atoms with Gasteiger partial charge in [-0.05, 0) is 17.7 Å². The SMILES string of the molecule is COCCNC(=NCc1cc(F)cc(OC)c1)NCC(=O)N(C)C.I. The lowest BCUT2D eigenvalue weighted by Gasteiger charge is -2.15. The third kappa shape index (κ3) is 9.44. The first-order valence-corrected chi connectivity index (χ1v) is 7.51. The van der Waals surface area contributed by atoms with Gasteiger partial charge in [0.1, 0.15) is 11.6 Å². The maximum atomic E-state index is 13.5.